The predicted octanol–water partition coefficient (Wildman–Crippen LogP) is -0.0410. The molecule has 0 unspecified atom stereocenters. The maximum absolute atomic E-state index is 8.42. The fraction of sp³-hybridized carbons (Fsp3) is 1.00. The van der Waals surface area contributed by atoms with Gasteiger partial charge in [0.1, 0.15) is 0 Å². The maximum atomic E-state index is 8.42. The van der Waals surface area contributed by atoms with Crippen molar-refractivity contribution in [2.45, 2.75) is 0 Å². The van der Waals surface area contributed by atoms with E-state index in [1.165, 1.54) is 7.11 Å². The van der Waals surface area contributed by atoms with E-state index in [-0.39, 0.29) is 6.90 Å². The zero-order valence-corrected chi connectivity index (χ0v) is 5.01. The van der Waals surface area contributed by atoms with Crippen molar-refractivity contribution in [3.8, 4) is 0 Å². The molecule has 0 heterocycles. The van der Waals surface area contributed by atoms with E-state index in [1.807, 2.05) is 4.58 Å². The molecule has 7 heteroatoms. The molecule has 0 radical (unpaired) electrons. The van der Waals surface area contributed by atoms with Gasteiger partial charge in [0.2, 0.25) is 1.43 Å². The minimum Gasteiger partial charge on any atom is -0.412 e. The van der Waals surface area contributed by atoms with E-state index >= 15 is 0 Å². The predicted molar refractivity (Wildman–Crippen MR) is 34.7 cm³/mol. The summed E-state index contributed by atoms with van der Waals surface area (Å²) >= 11 is 2.86. The van der Waals surface area contributed by atoms with Gasteiger partial charge in [0.15, 0.2) is 0 Å². The Bertz CT molecular complexity index is 42.4. The summed E-state index contributed by atoms with van der Waals surface area (Å²) in [6.07, 6.45) is 0. The summed E-state index contributed by atoms with van der Waals surface area (Å²) in [5.74, 6) is 0. The number of aliphatic hydroxyl groups excluding tert-OH is 1. The van der Waals surface area contributed by atoms with Crippen molar-refractivity contribution in [2.24, 2.45) is 4.58 Å². The maximum Gasteiger partial charge on any atom is 0.210 e. The average molecular weight is 149 g/mol. The van der Waals surface area contributed by atoms with Crippen LogP contribution in [0, 0.1) is 15.4 Å². The standard InChI is InChI=1S/CH4O.HNOS.HNO.H2O.H2/c1-2;2-1-3;1-2;;/h2H,1H3;(H,2,3);1H;1H2;1H/i2T;;;;1+1. The molecule has 0 saturated heterocycles. The van der Waals surface area contributed by atoms with Crippen LogP contribution in [0.15, 0.2) is 4.58 Å². The molecule has 0 atom stereocenters. The van der Waals surface area contributed by atoms with Crippen molar-refractivity contribution in [2.75, 3.05) is 7.11 Å². The van der Waals surface area contributed by atoms with Crippen LogP contribution in [-0.2, 0) is 0 Å². The Labute approximate surface area is 54.5 Å². The van der Waals surface area contributed by atoms with Crippen molar-refractivity contribution in [1.29, 1.82) is 7.02 Å². The highest BCUT2D eigenvalue weighted by atomic mass is 32.1. The molecule has 8 heavy (non-hydrogen) atoms. The van der Waals surface area contributed by atoms with Crippen molar-refractivity contribution in [3.63, 3.8) is 0 Å². The van der Waals surface area contributed by atoms with E-state index in [9.17, 15) is 0 Å². The highest BCUT2D eigenvalue weighted by Gasteiger charge is 1.21. The minimum atomic E-state index is 0. The number of hydrogen-bond donors (Lipinski definition) is 3. The molecule has 54 valence electrons. The fourth-order valence-electron chi connectivity index (χ4n) is 0. The summed E-state index contributed by atoms with van der Waals surface area (Å²) in [6.45, 7) is 0. The molecular weight excluding hydrogens is 136 g/mol. The zero-order valence-electron chi connectivity index (χ0n) is 5.12. The largest absolute Gasteiger partial charge is 0.412 e. The Morgan fingerprint density at radius 1 is 2.00 bits per heavy atom. The van der Waals surface area contributed by atoms with Gasteiger partial charge in [-0.15, -0.1) is 4.91 Å². The highest BCUT2D eigenvalue weighted by Crippen LogP contribution is 1.58. The number of thiol groups is 1. The third-order valence-corrected chi connectivity index (χ3v) is 0. The Hall–Kier alpha value is -0.530. The second-order valence-electron chi connectivity index (χ2n) is 0.0816. The molecule has 0 rings (SSSR count). The molecule has 0 fully saturated rings. The van der Waals surface area contributed by atoms with Crippen LogP contribution in [0.4, 0.5) is 0 Å². The van der Waals surface area contributed by atoms with E-state index < -0.39 is 0 Å². The Morgan fingerprint density at radius 3 is 2.00 bits per heavy atom. The summed E-state index contributed by atoms with van der Waals surface area (Å²) < 4.78 is 7.65. The molecule has 0 aromatic carbocycles. The van der Waals surface area contributed by atoms with Crippen LogP contribution in [-0.4, -0.2) is 19.1 Å². The summed E-state index contributed by atoms with van der Waals surface area (Å²) in [4.78, 5) is 15.9. The van der Waals surface area contributed by atoms with Crippen LogP contribution in [0.5, 0.6) is 0 Å². The van der Waals surface area contributed by atoms with Crippen molar-refractivity contribution < 1.29 is 12.0 Å². The molecule has 0 saturated carbocycles. The van der Waals surface area contributed by atoms with Gasteiger partial charge in [0, 0.05) is 25.9 Å². The van der Waals surface area contributed by atoms with Crippen LogP contribution >= 0.6 is 12.8 Å². The number of nitrogens with one attached hydrogen (secondary N) is 1. The van der Waals surface area contributed by atoms with Gasteiger partial charge in [-0.3, -0.25) is 0 Å². The lowest BCUT2D eigenvalue weighted by atomic mass is 11.8. The first-order valence-corrected chi connectivity index (χ1v) is 1.39. The second kappa shape index (κ2) is 876. The van der Waals surface area contributed by atoms with Crippen LogP contribution in [0.3, 0.4) is 0 Å². The van der Waals surface area contributed by atoms with Gasteiger partial charge >= 0.3 is 0 Å². The molecular formula is CH10N2O4S. The van der Waals surface area contributed by atoms with Gasteiger partial charge in [0.05, 0.1) is 0 Å². The van der Waals surface area contributed by atoms with Gasteiger partial charge in [-0.1, -0.05) is 5.59 Å². The minimum absolute atomic E-state index is 0. The highest BCUT2D eigenvalue weighted by molar-refractivity contribution is 7.78. The molecule has 6 nitrogen and oxygen atoms in total. The van der Waals surface area contributed by atoms with E-state index in [0.29, 0.717) is 0 Å². The lowest BCUT2D eigenvalue weighted by Crippen LogP contribution is -1.25. The van der Waals surface area contributed by atoms with Gasteiger partial charge in [-0.2, -0.15) is 4.91 Å². The molecule has 0 aromatic rings. The van der Waals surface area contributed by atoms with Crippen molar-refractivity contribution >= 4 is 12.8 Å². The third-order valence-electron chi connectivity index (χ3n) is 0. The number of nitrogens with zero attached hydrogens (tertiary/aromatic N) is 1. The molecule has 0 spiro atoms. The first-order chi connectivity index (χ1) is 3.83. The first kappa shape index (κ1) is 15.6. The lowest BCUT2D eigenvalue weighted by molar-refractivity contribution is 0.399. The van der Waals surface area contributed by atoms with Crippen LogP contribution in [0.25, 0.3) is 0 Å². The first-order valence-electron chi connectivity index (χ1n) is 1.40. The molecule has 0 aliphatic carbocycles. The van der Waals surface area contributed by atoms with Gasteiger partial charge in [0.25, 0.3) is 0 Å². The van der Waals surface area contributed by atoms with Crippen molar-refractivity contribution in [3.05, 3.63) is 9.81 Å². The normalized spacial score (nSPS) is 4.50. The SMILES string of the molecule is N=O.O.O=NS.[2HH].[3H]OC. The number of hydrogen-bond acceptors (Lipinski definition) is 5. The molecule has 0 aliphatic heterocycles. The molecule has 0 amide bonds. The van der Waals surface area contributed by atoms with Gasteiger partial charge in [-0.25, -0.2) is 0 Å². The molecule has 0 bridgehead atoms. The van der Waals surface area contributed by atoms with Crippen LogP contribution in [0.2, 0.25) is 0 Å². The molecule has 0 aromatic heterocycles. The monoisotopic (exact) mass is 149 g/mol. The fourth-order valence-corrected chi connectivity index (χ4v) is 0. The van der Waals surface area contributed by atoms with Crippen LogP contribution < -0.4 is 0 Å². The summed E-state index contributed by atoms with van der Waals surface area (Å²) in [5.41, 5.74) is 4.50. The quantitative estimate of drug-likeness (QED) is 0.330. The number of aliphatic hydroxyl groups is 1. The second-order valence-corrected chi connectivity index (χ2v) is 0.245. The number of nitroso groups, excluding NO2 is 2. The van der Waals surface area contributed by atoms with Gasteiger partial charge in [-0.05, 0) is 0 Å². The zero-order chi connectivity index (χ0) is 7.41. The smallest absolute Gasteiger partial charge is 0.210 e. The van der Waals surface area contributed by atoms with Gasteiger partial charge < -0.3 is 10.6 Å². The molecule has 0 aliphatic rings. The van der Waals surface area contributed by atoms with E-state index in [0.717, 1.165) is 0 Å². The Kier molecular flexibility index (Phi) is 1710. The van der Waals surface area contributed by atoms with E-state index in [1.54, 1.807) is 0 Å². The summed E-state index contributed by atoms with van der Waals surface area (Å²) in [7, 11) is 1.29. The van der Waals surface area contributed by atoms with Crippen molar-refractivity contribution in [1.82, 2.24) is 0 Å². The van der Waals surface area contributed by atoms with E-state index in [4.69, 9.17) is 11.2 Å². The summed E-state index contributed by atoms with van der Waals surface area (Å²) in [6, 6.07) is 0. The third kappa shape index (κ3) is 389. The lowest BCUT2D eigenvalue weighted by Gasteiger charge is -1.25. The summed E-state index contributed by atoms with van der Waals surface area (Å²) in [5, 5.41) is 3.50. The Balaban J connectivity index is -0.0000000116. The van der Waals surface area contributed by atoms with E-state index in [2.05, 4.69) is 23.5 Å². The number of rotatable bonds is 0. The average Bonchev–Trinajstić information content (AvgIpc) is 1.75. The topological polar surface area (TPSA) is 122 Å². The Morgan fingerprint density at radius 2 is 2.00 bits per heavy atom. The van der Waals surface area contributed by atoms with Crippen LogP contribution in [0.1, 0.15) is 1.43 Å². The molecule has 4 N–H and O–H groups in total.